The predicted octanol–water partition coefficient (Wildman–Crippen LogP) is 36.0. The first kappa shape index (κ1) is 102. The van der Waals surface area contributed by atoms with Crippen LogP contribution in [0.15, 0.2) is 91.0 Å². The predicted molar refractivity (Wildman–Crippen MR) is 517 cm³/mol. The molecule has 0 unspecified atom stereocenters. The quantitative estimate of drug-likeness (QED) is 0.0218. The molecule has 0 aliphatic rings. The molecule has 5 aromatic carbocycles. The van der Waals surface area contributed by atoms with Crippen molar-refractivity contribution in [1.29, 1.82) is 0 Å². The van der Waals surface area contributed by atoms with E-state index in [0.717, 1.165) is 124 Å². The van der Waals surface area contributed by atoms with E-state index >= 15 is 0 Å². The minimum absolute atomic E-state index is 0.643. The van der Waals surface area contributed by atoms with Crippen LogP contribution in [0.25, 0.3) is 48.6 Å². The zero-order chi connectivity index (χ0) is 83.5. The molecular formula is C111H174O7. The molecule has 0 saturated carbocycles. The first-order valence-electron chi connectivity index (χ1n) is 50.1. The van der Waals surface area contributed by atoms with Gasteiger partial charge in [-0.3, -0.25) is 4.79 Å². The van der Waals surface area contributed by atoms with E-state index in [2.05, 4.69) is 169 Å². The van der Waals surface area contributed by atoms with Crippen molar-refractivity contribution in [2.24, 2.45) is 0 Å². The second-order valence-corrected chi connectivity index (χ2v) is 34.6. The Bertz CT molecular complexity index is 2990. The Morgan fingerprint density at radius 3 is 0.492 bits per heavy atom. The molecule has 5 rings (SSSR count). The van der Waals surface area contributed by atoms with Gasteiger partial charge in [-0.15, -0.1) is 0 Å². The number of carbonyl (C=O) groups excluding carboxylic acids is 1. The molecule has 0 spiro atoms. The molecule has 0 aliphatic heterocycles. The molecule has 7 heteroatoms. The smallest absolute Gasteiger partial charge is 0.203 e. The van der Waals surface area contributed by atoms with Crippen LogP contribution in [0.3, 0.4) is 0 Å². The van der Waals surface area contributed by atoms with Crippen molar-refractivity contribution in [3.63, 3.8) is 0 Å². The molecule has 660 valence electrons. The van der Waals surface area contributed by atoms with Gasteiger partial charge in [0.25, 0.3) is 0 Å². The molecule has 0 aromatic heterocycles. The normalized spacial score (nSPS) is 11.7. The third kappa shape index (κ3) is 52.0. The van der Waals surface area contributed by atoms with Crippen molar-refractivity contribution in [3.05, 3.63) is 141 Å². The van der Waals surface area contributed by atoms with Crippen molar-refractivity contribution in [3.8, 4) is 34.5 Å². The number of hydrogen-bond donors (Lipinski definition) is 0. The van der Waals surface area contributed by atoms with Crippen LogP contribution in [0.1, 0.15) is 482 Å². The summed E-state index contributed by atoms with van der Waals surface area (Å²) in [5, 5.41) is 0. The van der Waals surface area contributed by atoms with E-state index in [1.807, 2.05) is 12.1 Å². The second kappa shape index (κ2) is 73.3. The summed E-state index contributed by atoms with van der Waals surface area (Å²) in [6, 6.07) is 32.1. The molecule has 0 bridgehead atoms. The molecule has 7 nitrogen and oxygen atoms in total. The maximum atomic E-state index is 12.4. The Kier molecular flexibility index (Phi) is 63.4. The van der Waals surface area contributed by atoms with Crippen LogP contribution in [0.2, 0.25) is 0 Å². The average molecular weight is 1620 g/mol. The molecule has 5 aromatic rings. The van der Waals surface area contributed by atoms with Gasteiger partial charge in [-0.1, -0.05) is 485 Å². The summed E-state index contributed by atoms with van der Waals surface area (Å²) in [4.78, 5) is 12.4. The van der Waals surface area contributed by atoms with Gasteiger partial charge in [-0.05, 0) is 125 Å². The standard InChI is InChI=1S/C111H174O7/c1-7-13-19-25-31-37-43-49-55-61-83-113-106-92-103(93-107(114-84-62-56-50-44-38-32-26-20-14-8-2)110(106)117-87-65-59-53-47-41-35-29-23-17-11-5)81-77-99-71-67-97(68-72-99)75-79-101-89-102(91-105(90-101)96-112)80-76-98-69-73-100(74-70-98)78-82-104-94-108(115-85-63-57-51-45-39-33-27-21-15-9-3)111(118-88-66-60-54-48-42-36-30-24-18-12-6)109(95-104)116-86-64-58-52-46-40-34-28-22-16-10-4/h67-82,89-96H,7-66,83-88H2,1-6H3/b79-75+,80-76+,81-77+,82-78+. The largest absolute Gasteiger partial charge is 0.490 e. The lowest BCUT2D eigenvalue weighted by Crippen LogP contribution is -2.07. The van der Waals surface area contributed by atoms with E-state index in [9.17, 15) is 4.79 Å². The molecule has 118 heavy (non-hydrogen) atoms. The number of hydrogen-bond acceptors (Lipinski definition) is 7. The molecule has 0 heterocycles. The third-order valence-electron chi connectivity index (χ3n) is 23.5. The fraction of sp³-hybridized carbons (Fsp3) is 0.649. The topological polar surface area (TPSA) is 72.5 Å². The van der Waals surface area contributed by atoms with E-state index in [4.69, 9.17) is 28.4 Å². The Morgan fingerprint density at radius 1 is 0.169 bits per heavy atom. The van der Waals surface area contributed by atoms with Gasteiger partial charge in [0.05, 0.1) is 39.6 Å². The number of aldehydes is 1. The maximum Gasteiger partial charge on any atom is 0.203 e. The Hall–Kier alpha value is -6.47. The lowest BCUT2D eigenvalue weighted by molar-refractivity contribution is 0.112. The van der Waals surface area contributed by atoms with E-state index in [-0.39, 0.29) is 0 Å². The Labute approximate surface area is 725 Å². The first-order chi connectivity index (χ1) is 58.4. The van der Waals surface area contributed by atoms with Crippen molar-refractivity contribution >= 4 is 54.9 Å². The fourth-order valence-electron chi connectivity index (χ4n) is 15.9. The maximum absolute atomic E-state index is 12.4. The minimum Gasteiger partial charge on any atom is -0.490 e. The fourth-order valence-corrected chi connectivity index (χ4v) is 15.9. The molecule has 0 radical (unpaired) electrons. The molecular weight excluding hydrogens is 1450 g/mol. The van der Waals surface area contributed by atoms with Crippen LogP contribution in [0.5, 0.6) is 34.5 Å². The van der Waals surface area contributed by atoms with Gasteiger partial charge in [-0.25, -0.2) is 0 Å². The Balaban J connectivity index is 1.28. The number of unbranched alkanes of at least 4 members (excludes halogenated alkanes) is 54. The lowest BCUT2D eigenvalue weighted by atomic mass is 10.0. The number of carbonyl (C=O) groups is 1. The summed E-state index contributed by atoms with van der Waals surface area (Å²) < 4.78 is 40.5. The number of ether oxygens (including phenoxy) is 6. The van der Waals surface area contributed by atoms with Crippen LogP contribution >= 0.6 is 0 Å². The zero-order valence-corrected chi connectivity index (χ0v) is 76.9. The summed E-state index contributed by atoms with van der Waals surface area (Å²) >= 11 is 0. The summed E-state index contributed by atoms with van der Waals surface area (Å²) in [6.45, 7) is 17.8. The highest BCUT2D eigenvalue weighted by atomic mass is 16.5. The summed E-state index contributed by atoms with van der Waals surface area (Å²) in [5.74, 6) is 4.70. The lowest BCUT2D eigenvalue weighted by Gasteiger charge is -2.18. The summed E-state index contributed by atoms with van der Waals surface area (Å²) in [5.41, 5.74) is 9.02. The van der Waals surface area contributed by atoms with Gasteiger partial charge in [0.15, 0.2) is 23.0 Å². The van der Waals surface area contributed by atoms with Crippen LogP contribution < -0.4 is 28.4 Å². The molecule has 0 saturated heterocycles. The van der Waals surface area contributed by atoms with Gasteiger partial charge in [-0.2, -0.15) is 0 Å². The highest BCUT2D eigenvalue weighted by Crippen LogP contribution is 2.42. The number of benzene rings is 5. The van der Waals surface area contributed by atoms with Gasteiger partial charge in [0.2, 0.25) is 11.5 Å². The summed E-state index contributed by atoms with van der Waals surface area (Å²) in [6.07, 6.45) is 95.5. The Morgan fingerprint density at radius 2 is 0.314 bits per heavy atom. The minimum atomic E-state index is 0.643. The molecule has 0 fully saturated rings. The van der Waals surface area contributed by atoms with Crippen molar-refractivity contribution in [1.82, 2.24) is 0 Å². The van der Waals surface area contributed by atoms with Crippen LogP contribution in [-0.4, -0.2) is 45.9 Å². The van der Waals surface area contributed by atoms with Crippen LogP contribution in [0, 0.1) is 0 Å². The summed E-state index contributed by atoms with van der Waals surface area (Å²) in [7, 11) is 0. The highest BCUT2D eigenvalue weighted by molar-refractivity contribution is 5.83. The second-order valence-electron chi connectivity index (χ2n) is 34.6. The number of rotatable bonds is 81. The third-order valence-corrected chi connectivity index (χ3v) is 23.5. The zero-order valence-electron chi connectivity index (χ0n) is 76.9. The molecule has 0 atom stereocenters. The highest BCUT2D eigenvalue weighted by Gasteiger charge is 2.19. The van der Waals surface area contributed by atoms with Crippen molar-refractivity contribution < 1.29 is 33.2 Å². The van der Waals surface area contributed by atoms with E-state index in [1.165, 1.54) is 347 Å². The van der Waals surface area contributed by atoms with E-state index in [1.54, 1.807) is 0 Å². The van der Waals surface area contributed by atoms with E-state index in [0.29, 0.717) is 45.2 Å². The van der Waals surface area contributed by atoms with Crippen molar-refractivity contribution in [2.45, 2.75) is 427 Å². The monoisotopic (exact) mass is 1620 g/mol. The van der Waals surface area contributed by atoms with Crippen LogP contribution in [-0.2, 0) is 0 Å². The average Bonchev–Trinajstić information content (AvgIpc) is 0.828. The molecule has 0 amide bonds. The van der Waals surface area contributed by atoms with Gasteiger partial charge >= 0.3 is 0 Å². The SMILES string of the molecule is CCCCCCCCCCCCOc1cc(/C=C/c2ccc(/C=C/c3cc(C=O)cc(/C=C/c4ccc(/C=C/c5cc(OCCCCCCCCCCCC)c(OCCCCCCCCCCCC)c(OCCCCCCCCCCCC)c5)cc4)c3)cc2)cc(OCCCCCCCCCCCC)c1OCCCCCCCCCCCC. The van der Waals surface area contributed by atoms with Crippen molar-refractivity contribution in [2.75, 3.05) is 39.6 Å². The van der Waals surface area contributed by atoms with Crippen LogP contribution in [0.4, 0.5) is 0 Å². The first-order valence-corrected chi connectivity index (χ1v) is 50.1. The van der Waals surface area contributed by atoms with Gasteiger partial charge < -0.3 is 28.4 Å². The van der Waals surface area contributed by atoms with E-state index < -0.39 is 0 Å². The van der Waals surface area contributed by atoms with Gasteiger partial charge in [0, 0.05) is 5.56 Å². The molecule has 0 aliphatic carbocycles. The molecule has 0 N–H and O–H groups in total. The van der Waals surface area contributed by atoms with Gasteiger partial charge in [0.1, 0.15) is 6.29 Å².